The van der Waals surface area contributed by atoms with Crippen LogP contribution in [0.2, 0.25) is 0 Å². The number of para-hydroxylation sites is 1. The summed E-state index contributed by atoms with van der Waals surface area (Å²) in [6, 6.07) is 4.62. The number of alkyl halides is 3. The molecule has 1 aliphatic heterocycles. The van der Waals surface area contributed by atoms with Crippen molar-refractivity contribution < 1.29 is 32.3 Å². The highest BCUT2D eigenvalue weighted by atomic mass is 19.4. The largest absolute Gasteiger partial charge is 0.465 e. The zero-order valence-corrected chi connectivity index (χ0v) is 12.2. The van der Waals surface area contributed by atoms with Gasteiger partial charge in [-0.05, 0) is 24.0 Å². The van der Waals surface area contributed by atoms with Gasteiger partial charge in [0.1, 0.15) is 0 Å². The van der Waals surface area contributed by atoms with E-state index in [1.54, 1.807) is 12.1 Å². The normalized spacial score (nSPS) is 17.2. The average molecular weight is 329 g/mol. The fourth-order valence-electron chi connectivity index (χ4n) is 2.56. The number of anilines is 1. The molecule has 124 valence electrons. The average Bonchev–Trinajstić information content (AvgIpc) is 2.49. The second kappa shape index (κ2) is 6.39. The highest BCUT2D eigenvalue weighted by molar-refractivity contribution is 6.04. The number of hydrogen-bond acceptors (Lipinski definition) is 4. The van der Waals surface area contributed by atoms with Crippen LogP contribution in [0, 0.1) is 0 Å². The van der Waals surface area contributed by atoms with Crippen molar-refractivity contribution in [3.8, 4) is 0 Å². The van der Waals surface area contributed by atoms with Gasteiger partial charge in [-0.25, -0.2) is 4.79 Å². The number of amides is 1. The molecule has 0 saturated heterocycles. The Balaban J connectivity index is 2.27. The lowest BCUT2D eigenvalue weighted by atomic mass is 9.85. The quantitative estimate of drug-likeness (QED) is 0.862. The molecule has 0 aliphatic carbocycles. The van der Waals surface area contributed by atoms with Crippen molar-refractivity contribution in [2.75, 3.05) is 12.4 Å². The summed E-state index contributed by atoms with van der Waals surface area (Å²) in [5, 5.41) is 2.54. The van der Waals surface area contributed by atoms with E-state index in [0.717, 1.165) is 0 Å². The minimum atomic E-state index is -4.88. The summed E-state index contributed by atoms with van der Waals surface area (Å²) in [6.07, 6.45) is -5.75. The van der Waals surface area contributed by atoms with E-state index < -0.39 is 36.2 Å². The van der Waals surface area contributed by atoms with Crippen LogP contribution < -0.4 is 5.32 Å². The van der Waals surface area contributed by atoms with Crippen molar-refractivity contribution in [2.45, 2.75) is 31.4 Å². The third-order valence-corrected chi connectivity index (χ3v) is 3.67. The van der Waals surface area contributed by atoms with E-state index in [1.807, 2.05) is 0 Å². The molecule has 1 aromatic carbocycles. The minimum absolute atomic E-state index is 0.0389. The van der Waals surface area contributed by atoms with Gasteiger partial charge in [-0.1, -0.05) is 12.1 Å². The monoisotopic (exact) mass is 329 g/mol. The third-order valence-electron chi connectivity index (χ3n) is 3.67. The Morgan fingerprint density at radius 3 is 2.65 bits per heavy atom. The predicted octanol–water partition coefficient (Wildman–Crippen LogP) is 2.81. The summed E-state index contributed by atoms with van der Waals surface area (Å²) in [6.45, 7) is 0. The number of fused-ring (bicyclic) bond motifs is 1. The van der Waals surface area contributed by atoms with E-state index >= 15 is 0 Å². The van der Waals surface area contributed by atoms with Crippen LogP contribution in [0.4, 0.5) is 18.9 Å². The van der Waals surface area contributed by atoms with Gasteiger partial charge in [0.15, 0.2) is 0 Å². The topological polar surface area (TPSA) is 72.5 Å². The molecule has 1 aliphatic rings. The van der Waals surface area contributed by atoms with Crippen LogP contribution in [-0.2, 0) is 14.3 Å². The Bertz CT molecular complexity index is 655. The van der Waals surface area contributed by atoms with E-state index in [1.165, 1.54) is 13.2 Å². The Morgan fingerprint density at radius 2 is 2.04 bits per heavy atom. The number of ether oxygens (including phenoxy) is 1. The Morgan fingerprint density at radius 1 is 1.35 bits per heavy atom. The van der Waals surface area contributed by atoms with Gasteiger partial charge in [-0.2, -0.15) is 13.2 Å². The number of carbonyl (C=O) groups excluding carboxylic acids is 3. The summed E-state index contributed by atoms with van der Waals surface area (Å²) in [4.78, 5) is 34.5. The van der Waals surface area contributed by atoms with E-state index in [9.17, 15) is 27.6 Å². The molecule has 1 aromatic rings. The van der Waals surface area contributed by atoms with Gasteiger partial charge in [0.2, 0.25) is 11.7 Å². The smallest absolute Gasteiger partial charge is 0.449 e. The molecule has 1 N–H and O–H groups in total. The van der Waals surface area contributed by atoms with Crippen LogP contribution in [-0.4, -0.2) is 30.9 Å². The molecule has 1 heterocycles. The number of Topliss-reactive ketones (excluding diaryl/α,β-unsaturated/α-hetero) is 1. The number of hydrogen-bond donors (Lipinski definition) is 1. The van der Waals surface area contributed by atoms with Crippen LogP contribution in [0.5, 0.6) is 0 Å². The second-order valence-electron chi connectivity index (χ2n) is 5.17. The van der Waals surface area contributed by atoms with Crippen LogP contribution in [0.15, 0.2) is 18.2 Å². The lowest BCUT2D eigenvalue weighted by Gasteiger charge is -2.27. The SMILES string of the molecule is COC(=O)c1cccc2c1NC(=O)C[C@@H]2CCC(=O)C(F)(F)F. The van der Waals surface area contributed by atoms with Crippen LogP contribution in [0.1, 0.15) is 41.1 Å². The van der Waals surface area contributed by atoms with Crippen molar-refractivity contribution in [3.63, 3.8) is 0 Å². The number of esters is 1. The summed E-state index contributed by atoms with van der Waals surface area (Å²) in [5.74, 6) is -3.46. The van der Waals surface area contributed by atoms with Gasteiger partial charge < -0.3 is 10.1 Å². The summed E-state index contributed by atoms with van der Waals surface area (Å²) in [7, 11) is 1.19. The zero-order chi connectivity index (χ0) is 17.2. The molecule has 0 bridgehead atoms. The predicted molar refractivity (Wildman–Crippen MR) is 74.1 cm³/mol. The van der Waals surface area contributed by atoms with Crippen LogP contribution in [0.3, 0.4) is 0 Å². The van der Waals surface area contributed by atoms with Crippen molar-refractivity contribution in [1.29, 1.82) is 0 Å². The van der Waals surface area contributed by atoms with Crippen LogP contribution >= 0.6 is 0 Å². The van der Waals surface area contributed by atoms with Gasteiger partial charge in [0.05, 0.1) is 18.4 Å². The van der Waals surface area contributed by atoms with Crippen molar-refractivity contribution >= 4 is 23.3 Å². The fourth-order valence-corrected chi connectivity index (χ4v) is 2.56. The number of ketones is 1. The maximum atomic E-state index is 12.3. The highest BCUT2D eigenvalue weighted by Crippen LogP contribution is 2.38. The van der Waals surface area contributed by atoms with Gasteiger partial charge in [0, 0.05) is 12.8 Å². The molecule has 1 atom stereocenters. The molecule has 8 heteroatoms. The molecule has 0 radical (unpaired) electrons. The first-order chi connectivity index (χ1) is 10.7. The number of methoxy groups -OCH3 is 1. The Hall–Kier alpha value is -2.38. The van der Waals surface area contributed by atoms with Gasteiger partial charge in [-0.3, -0.25) is 9.59 Å². The second-order valence-corrected chi connectivity index (χ2v) is 5.17. The lowest BCUT2D eigenvalue weighted by molar-refractivity contribution is -0.171. The van der Waals surface area contributed by atoms with Crippen molar-refractivity contribution in [1.82, 2.24) is 0 Å². The molecule has 0 spiro atoms. The van der Waals surface area contributed by atoms with E-state index in [2.05, 4.69) is 10.1 Å². The molecule has 23 heavy (non-hydrogen) atoms. The molecular formula is C15H14F3NO4. The first-order valence-electron chi connectivity index (χ1n) is 6.85. The third kappa shape index (κ3) is 3.69. The molecule has 0 fully saturated rings. The minimum Gasteiger partial charge on any atom is -0.465 e. The number of nitrogens with one attached hydrogen (secondary N) is 1. The molecule has 0 unspecified atom stereocenters. The highest BCUT2D eigenvalue weighted by Gasteiger charge is 2.38. The van der Waals surface area contributed by atoms with Gasteiger partial charge in [-0.15, -0.1) is 0 Å². The van der Waals surface area contributed by atoms with Crippen LogP contribution in [0.25, 0.3) is 0 Å². The fraction of sp³-hybridized carbons (Fsp3) is 0.400. The van der Waals surface area contributed by atoms with Gasteiger partial charge in [0.25, 0.3) is 0 Å². The van der Waals surface area contributed by atoms with Gasteiger partial charge >= 0.3 is 12.1 Å². The first-order valence-corrected chi connectivity index (χ1v) is 6.85. The standard InChI is InChI=1S/C15H14F3NO4/c1-23-14(22)10-4-2-3-9-8(7-12(21)19-13(9)10)5-6-11(20)15(16,17)18/h2-4,8H,5-7H2,1H3,(H,19,21)/t8-/m0/s1. The zero-order valence-electron chi connectivity index (χ0n) is 12.2. The molecule has 5 nitrogen and oxygen atoms in total. The number of benzene rings is 1. The maximum Gasteiger partial charge on any atom is 0.449 e. The number of halogens is 3. The van der Waals surface area contributed by atoms with E-state index in [4.69, 9.17) is 0 Å². The maximum absolute atomic E-state index is 12.3. The molecule has 0 saturated carbocycles. The lowest BCUT2D eigenvalue weighted by Crippen LogP contribution is -2.27. The van der Waals surface area contributed by atoms with E-state index in [-0.39, 0.29) is 24.1 Å². The van der Waals surface area contributed by atoms with Crippen molar-refractivity contribution in [3.05, 3.63) is 29.3 Å². The number of carbonyl (C=O) groups is 3. The number of rotatable bonds is 4. The Kier molecular flexibility index (Phi) is 4.72. The van der Waals surface area contributed by atoms with Crippen molar-refractivity contribution in [2.24, 2.45) is 0 Å². The van der Waals surface area contributed by atoms with E-state index in [0.29, 0.717) is 5.56 Å². The first kappa shape index (κ1) is 17.0. The summed E-state index contributed by atoms with van der Waals surface area (Å²) in [5.41, 5.74) is 0.896. The Labute approximate surface area is 129 Å². The summed E-state index contributed by atoms with van der Waals surface area (Å²) >= 11 is 0. The molecule has 0 aromatic heterocycles. The molecular weight excluding hydrogens is 315 g/mol. The summed E-state index contributed by atoms with van der Waals surface area (Å²) < 4.78 is 41.5. The molecule has 1 amide bonds. The molecule has 2 rings (SSSR count).